The van der Waals surface area contributed by atoms with Crippen molar-refractivity contribution < 1.29 is 0 Å². The summed E-state index contributed by atoms with van der Waals surface area (Å²) in [4.78, 5) is 15.2. The number of hydrogen-bond acceptors (Lipinski definition) is 4. The fourth-order valence-electron chi connectivity index (χ4n) is 2.14. The smallest absolute Gasteiger partial charge is 0.225 e. The van der Waals surface area contributed by atoms with Crippen molar-refractivity contribution in [2.45, 2.75) is 19.9 Å². The van der Waals surface area contributed by atoms with Crippen LogP contribution in [0.5, 0.6) is 0 Å². The quantitative estimate of drug-likeness (QED) is 0.728. The van der Waals surface area contributed by atoms with Gasteiger partial charge in [-0.1, -0.05) is 13.0 Å². The molecule has 3 heterocycles. The van der Waals surface area contributed by atoms with Crippen LogP contribution >= 0.6 is 0 Å². The predicted octanol–water partition coefficient (Wildman–Crippen LogP) is 2.32. The highest BCUT2D eigenvalue weighted by atomic mass is 15.2. The van der Waals surface area contributed by atoms with Crippen LogP contribution in [-0.4, -0.2) is 26.4 Å². The Morgan fingerprint density at radius 3 is 2.65 bits per heavy atom. The summed E-state index contributed by atoms with van der Waals surface area (Å²) in [6.45, 7) is 2.82. The van der Waals surface area contributed by atoms with Crippen molar-refractivity contribution in [3.8, 4) is 0 Å². The molecule has 3 aromatic rings. The van der Waals surface area contributed by atoms with E-state index in [0.717, 1.165) is 35.8 Å². The van der Waals surface area contributed by atoms with E-state index in [1.54, 1.807) is 0 Å². The van der Waals surface area contributed by atoms with Gasteiger partial charge in [0.2, 0.25) is 5.95 Å². The van der Waals surface area contributed by atoms with Crippen molar-refractivity contribution in [3.63, 3.8) is 0 Å². The molecule has 0 atom stereocenters. The first-order valence-electron chi connectivity index (χ1n) is 6.71. The van der Waals surface area contributed by atoms with E-state index in [-0.39, 0.29) is 0 Å². The first-order chi connectivity index (χ1) is 9.78. The number of fused-ring (bicyclic) bond motifs is 1. The van der Waals surface area contributed by atoms with Gasteiger partial charge in [0, 0.05) is 25.6 Å². The SMILES string of the molecule is CCc1cnc(N(C)Cc2cnc3ccccn23)nc1. The summed E-state index contributed by atoms with van der Waals surface area (Å²) in [6.07, 6.45) is 8.64. The minimum absolute atomic E-state index is 0.719. The van der Waals surface area contributed by atoms with Gasteiger partial charge >= 0.3 is 0 Å². The number of aromatic nitrogens is 4. The summed E-state index contributed by atoms with van der Waals surface area (Å²) in [6, 6.07) is 5.99. The zero-order valence-electron chi connectivity index (χ0n) is 11.7. The molecule has 0 aliphatic carbocycles. The highest BCUT2D eigenvalue weighted by molar-refractivity contribution is 5.41. The summed E-state index contributed by atoms with van der Waals surface area (Å²) < 4.78 is 2.08. The van der Waals surface area contributed by atoms with E-state index in [1.165, 1.54) is 0 Å². The molecule has 0 spiro atoms. The van der Waals surface area contributed by atoms with Gasteiger partial charge in [-0.3, -0.25) is 0 Å². The van der Waals surface area contributed by atoms with Gasteiger partial charge in [-0.15, -0.1) is 0 Å². The minimum atomic E-state index is 0.719. The molecule has 0 bridgehead atoms. The molecule has 0 unspecified atom stereocenters. The van der Waals surface area contributed by atoms with Crippen LogP contribution in [0.3, 0.4) is 0 Å². The molecule has 3 rings (SSSR count). The number of nitrogens with zero attached hydrogens (tertiary/aromatic N) is 5. The lowest BCUT2D eigenvalue weighted by molar-refractivity contribution is 0.827. The maximum Gasteiger partial charge on any atom is 0.225 e. The molecule has 0 fully saturated rings. The Bertz CT molecular complexity index is 702. The standard InChI is InChI=1S/C15H17N5/c1-3-12-8-17-15(18-9-12)19(2)11-13-10-16-14-6-4-5-7-20(13)14/h4-10H,3,11H2,1-2H3. The van der Waals surface area contributed by atoms with E-state index in [9.17, 15) is 0 Å². The zero-order chi connectivity index (χ0) is 13.9. The molecule has 3 aromatic heterocycles. The molecule has 20 heavy (non-hydrogen) atoms. The summed E-state index contributed by atoms with van der Waals surface area (Å²) in [5.74, 6) is 0.730. The second kappa shape index (κ2) is 5.28. The molecular weight excluding hydrogens is 250 g/mol. The largest absolute Gasteiger partial charge is 0.338 e. The van der Waals surface area contributed by atoms with E-state index in [4.69, 9.17) is 0 Å². The second-order valence-corrected chi connectivity index (χ2v) is 4.78. The van der Waals surface area contributed by atoms with Crippen LogP contribution in [0, 0.1) is 0 Å². The normalized spacial score (nSPS) is 10.9. The van der Waals surface area contributed by atoms with Gasteiger partial charge in [-0.2, -0.15) is 0 Å². The monoisotopic (exact) mass is 267 g/mol. The molecular formula is C15H17N5. The average molecular weight is 267 g/mol. The number of aryl methyl sites for hydroxylation is 1. The third-order valence-corrected chi connectivity index (χ3v) is 3.33. The van der Waals surface area contributed by atoms with Crippen molar-refractivity contribution >= 4 is 11.6 Å². The predicted molar refractivity (Wildman–Crippen MR) is 78.7 cm³/mol. The molecule has 5 heteroatoms. The first-order valence-corrected chi connectivity index (χ1v) is 6.71. The number of anilines is 1. The zero-order valence-corrected chi connectivity index (χ0v) is 11.7. The second-order valence-electron chi connectivity index (χ2n) is 4.78. The van der Waals surface area contributed by atoms with Gasteiger partial charge in [0.25, 0.3) is 0 Å². The summed E-state index contributed by atoms with van der Waals surface area (Å²) in [5.41, 5.74) is 3.22. The van der Waals surface area contributed by atoms with Crippen LogP contribution < -0.4 is 4.90 Å². The van der Waals surface area contributed by atoms with Crippen LogP contribution in [0.25, 0.3) is 5.65 Å². The van der Waals surface area contributed by atoms with Crippen molar-refractivity contribution in [3.05, 3.63) is 54.2 Å². The molecule has 102 valence electrons. The van der Waals surface area contributed by atoms with E-state index in [1.807, 2.05) is 54.9 Å². The van der Waals surface area contributed by atoms with E-state index in [2.05, 4.69) is 26.3 Å². The van der Waals surface area contributed by atoms with Crippen LogP contribution in [0.2, 0.25) is 0 Å². The van der Waals surface area contributed by atoms with Gasteiger partial charge in [-0.05, 0) is 24.1 Å². The van der Waals surface area contributed by atoms with Gasteiger partial charge < -0.3 is 9.30 Å². The average Bonchev–Trinajstić information content (AvgIpc) is 2.91. The Morgan fingerprint density at radius 2 is 1.90 bits per heavy atom. The van der Waals surface area contributed by atoms with E-state index < -0.39 is 0 Å². The maximum absolute atomic E-state index is 4.40. The molecule has 0 aliphatic rings. The topological polar surface area (TPSA) is 46.3 Å². The number of pyridine rings is 1. The molecule has 0 aliphatic heterocycles. The Morgan fingerprint density at radius 1 is 1.10 bits per heavy atom. The third-order valence-electron chi connectivity index (χ3n) is 3.33. The third kappa shape index (κ3) is 2.34. The fourth-order valence-corrected chi connectivity index (χ4v) is 2.14. The van der Waals surface area contributed by atoms with Crippen LogP contribution in [0.4, 0.5) is 5.95 Å². The van der Waals surface area contributed by atoms with Gasteiger partial charge in [0.1, 0.15) is 5.65 Å². The molecule has 0 amide bonds. The van der Waals surface area contributed by atoms with Gasteiger partial charge in [0.05, 0.1) is 18.4 Å². The summed E-state index contributed by atoms with van der Waals surface area (Å²) in [7, 11) is 1.99. The lowest BCUT2D eigenvalue weighted by Crippen LogP contribution is -2.20. The van der Waals surface area contributed by atoms with Crippen LogP contribution in [0.1, 0.15) is 18.2 Å². The van der Waals surface area contributed by atoms with Crippen LogP contribution in [0.15, 0.2) is 43.0 Å². The van der Waals surface area contributed by atoms with Crippen molar-refractivity contribution in [2.75, 3.05) is 11.9 Å². The van der Waals surface area contributed by atoms with E-state index in [0.29, 0.717) is 0 Å². The maximum atomic E-state index is 4.40. The molecule has 0 saturated carbocycles. The molecule has 5 nitrogen and oxygen atoms in total. The Kier molecular flexibility index (Phi) is 3.33. The molecule has 0 aromatic carbocycles. The van der Waals surface area contributed by atoms with Gasteiger partial charge in [-0.25, -0.2) is 15.0 Å². The highest BCUT2D eigenvalue weighted by Crippen LogP contribution is 2.12. The Hall–Kier alpha value is -2.43. The lowest BCUT2D eigenvalue weighted by Gasteiger charge is -2.16. The fraction of sp³-hybridized carbons (Fsp3) is 0.267. The highest BCUT2D eigenvalue weighted by Gasteiger charge is 2.08. The number of hydrogen-bond donors (Lipinski definition) is 0. The summed E-state index contributed by atoms with van der Waals surface area (Å²) >= 11 is 0. The number of rotatable bonds is 4. The van der Waals surface area contributed by atoms with Crippen LogP contribution in [-0.2, 0) is 13.0 Å². The Balaban J connectivity index is 1.82. The molecule has 0 radical (unpaired) electrons. The molecule has 0 saturated heterocycles. The van der Waals surface area contributed by atoms with E-state index >= 15 is 0 Å². The Labute approximate surface area is 117 Å². The molecule has 0 N–H and O–H groups in total. The number of imidazole rings is 1. The van der Waals surface area contributed by atoms with Gasteiger partial charge in [0.15, 0.2) is 0 Å². The first kappa shape index (κ1) is 12.6. The van der Waals surface area contributed by atoms with Crippen molar-refractivity contribution in [1.82, 2.24) is 19.4 Å². The van der Waals surface area contributed by atoms with Crippen molar-refractivity contribution in [1.29, 1.82) is 0 Å². The lowest BCUT2D eigenvalue weighted by atomic mass is 10.3. The summed E-state index contributed by atoms with van der Waals surface area (Å²) in [5, 5.41) is 0. The minimum Gasteiger partial charge on any atom is -0.338 e. The van der Waals surface area contributed by atoms with Crippen molar-refractivity contribution in [2.24, 2.45) is 0 Å².